The number of nitrogens with one attached hydrogen (secondary N) is 1. The van der Waals surface area contributed by atoms with E-state index < -0.39 is 0 Å². The number of pyridine rings is 1. The molecule has 0 spiro atoms. The third-order valence-electron chi connectivity index (χ3n) is 4.50. The van der Waals surface area contributed by atoms with Crippen molar-refractivity contribution >= 4 is 49.4 Å². The average molecular weight is 482 g/mol. The van der Waals surface area contributed by atoms with Gasteiger partial charge in [-0.3, -0.25) is 0 Å². The van der Waals surface area contributed by atoms with Gasteiger partial charge < -0.3 is 15.1 Å². The summed E-state index contributed by atoms with van der Waals surface area (Å²) in [5.41, 5.74) is 1.98. The molecule has 2 heterocycles. The highest BCUT2D eigenvalue weighted by Gasteiger charge is 2.23. The number of halogens is 2. The van der Waals surface area contributed by atoms with Crippen LogP contribution < -0.4 is 10.2 Å². The molecule has 0 aliphatic carbocycles. The smallest absolute Gasteiger partial charge is 0.322 e. The Labute approximate surface area is 171 Å². The second-order valence-corrected chi connectivity index (χ2v) is 8.32. The highest BCUT2D eigenvalue weighted by molar-refractivity contribution is 9.11. The van der Waals surface area contributed by atoms with Gasteiger partial charge in [-0.05, 0) is 67.6 Å². The lowest BCUT2D eigenvalue weighted by atomic mass is 10.0. The van der Waals surface area contributed by atoms with Crippen molar-refractivity contribution in [2.75, 3.05) is 36.4 Å². The van der Waals surface area contributed by atoms with Gasteiger partial charge in [0.25, 0.3) is 0 Å². The molecule has 0 unspecified atom stereocenters. The van der Waals surface area contributed by atoms with Crippen molar-refractivity contribution in [3.63, 3.8) is 0 Å². The molecule has 1 N–H and O–H groups in total. The highest BCUT2D eigenvalue weighted by atomic mass is 79.9. The number of hydrogen-bond acceptors (Lipinski definition) is 3. The second kappa shape index (κ2) is 8.39. The van der Waals surface area contributed by atoms with Crippen LogP contribution in [0.15, 0.2) is 45.5 Å². The first-order valence-corrected chi connectivity index (χ1v) is 10.2. The molecular formula is C19H22Br2N4O. The number of nitrogens with zero attached hydrogens (tertiary/aromatic N) is 3. The molecule has 1 saturated heterocycles. The van der Waals surface area contributed by atoms with Crippen molar-refractivity contribution in [2.45, 2.75) is 19.8 Å². The average Bonchev–Trinajstić information content (AvgIpc) is 2.65. The molecule has 3 rings (SSSR count). The number of carbonyl (C=O) groups is 1. The van der Waals surface area contributed by atoms with Crippen molar-refractivity contribution < 1.29 is 4.79 Å². The van der Waals surface area contributed by atoms with Crippen LogP contribution >= 0.6 is 31.9 Å². The molecule has 0 bridgehead atoms. The summed E-state index contributed by atoms with van der Waals surface area (Å²) >= 11 is 7.16. The predicted octanol–water partition coefficient (Wildman–Crippen LogP) is 5.08. The standard InChI is InChI=1S/C19H22Br2N4O/c1-13(2)14-11-15(20)18(16(21)12-14)23-19(26)25-9-7-24(8-10-25)17-5-3-4-6-22-17/h3-6,11-13H,7-10H2,1-2H3,(H,23,26). The lowest BCUT2D eigenvalue weighted by molar-refractivity contribution is 0.208. The molecule has 26 heavy (non-hydrogen) atoms. The van der Waals surface area contributed by atoms with Gasteiger partial charge in [-0.1, -0.05) is 19.9 Å². The first-order valence-electron chi connectivity index (χ1n) is 8.66. The molecule has 5 nitrogen and oxygen atoms in total. The number of urea groups is 1. The molecule has 0 saturated carbocycles. The Hall–Kier alpha value is -1.60. The minimum absolute atomic E-state index is 0.0793. The summed E-state index contributed by atoms with van der Waals surface area (Å²) in [4.78, 5) is 21.1. The summed E-state index contributed by atoms with van der Waals surface area (Å²) in [6.07, 6.45) is 1.80. The zero-order chi connectivity index (χ0) is 18.7. The van der Waals surface area contributed by atoms with Crippen LogP contribution in [0.5, 0.6) is 0 Å². The number of piperazine rings is 1. The van der Waals surface area contributed by atoms with Gasteiger partial charge in [-0.15, -0.1) is 0 Å². The molecule has 0 atom stereocenters. The summed E-state index contributed by atoms with van der Waals surface area (Å²) in [5.74, 6) is 1.38. The van der Waals surface area contributed by atoms with Crippen molar-refractivity contribution in [3.05, 3.63) is 51.0 Å². The van der Waals surface area contributed by atoms with Crippen LogP contribution in [0.1, 0.15) is 25.3 Å². The zero-order valence-electron chi connectivity index (χ0n) is 14.9. The molecule has 2 aromatic rings. The third-order valence-corrected chi connectivity index (χ3v) is 5.75. The number of amides is 2. The first-order chi connectivity index (χ1) is 12.5. The van der Waals surface area contributed by atoms with Gasteiger partial charge in [0.05, 0.1) is 5.69 Å². The van der Waals surface area contributed by atoms with Crippen LogP contribution in [0.3, 0.4) is 0 Å². The topological polar surface area (TPSA) is 48.5 Å². The van der Waals surface area contributed by atoms with Crippen molar-refractivity contribution in [2.24, 2.45) is 0 Å². The zero-order valence-corrected chi connectivity index (χ0v) is 18.0. The molecule has 7 heteroatoms. The van der Waals surface area contributed by atoms with Gasteiger partial charge in [0.2, 0.25) is 0 Å². The van der Waals surface area contributed by atoms with E-state index in [2.05, 4.69) is 73.0 Å². The van der Waals surface area contributed by atoms with E-state index in [0.717, 1.165) is 33.5 Å². The largest absolute Gasteiger partial charge is 0.353 e. The molecule has 0 radical (unpaired) electrons. The van der Waals surface area contributed by atoms with Gasteiger partial charge in [0, 0.05) is 41.3 Å². The minimum atomic E-state index is -0.0793. The first kappa shape index (κ1) is 19.2. The maximum absolute atomic E-state index is 12.7. The van der Waals surface area contributed by atoms with Crippen LogP contribution in [-0.4, -0.2) is 42.1 Å². The van der Waals surface area contributed by atoms with Gasteiger partial charge in [-0.25, -0.2) is 9.78 Å². The van der Waals surface area contributed by atoms with Gasteiger partial charge in [0.15, 0.2) is 0 Å². The Morgan fingerprint density at radius 2 is 1.77 bits per heavy atom. The Kier molecular flexibility index (Phi) is 6.19. The summed E-state index contributed by atoms with van der Waals surface area (Å²) in [6, 6.07) is 9.93. The van der Waals surface area contributed by atoms with E-state index in [-0.39, 0.29) is 6.03 Å². The van der Waals surface area contributed by atoms with Crippen molar-refractivity contribution in [1.82, 2.24) is 9.88 Å². The molecule has 1 aliphatic rings. The van der Waals surface area contributed by atoms with Crippen LogP contribution in [0, 0.1) is 0 Å². The van der Waals surface area contributed by atoms with E-state index in [9.17, 15) is 4.79 Å². The lowest BCUT2D eigenvalue weighted by Gasteiger charge is -2.35. The van der Waals surface area contributed by atoms with Crippen LogP contribution in [0.25, 0.3) is 0 Å². The van der Waals surface area contributed by atoms with Crippen molar-refractivity contribution in [3.8, 4) is 0 Å². The monoisotopic (exact) mass is 480 g/mol. The Bertz CT molecular complexity index is 751. The maximum Gasteiger partial charge on any atom is 0.322 e. The Balaban J connectivity index is 1.63. The van der Waals surface area contributed by atoms with E-state index in [1.807, 2.05) is 23.1 Å². The normalized spacial score (nSPS) is 14.7. The summed E-state index contributed by atoms with van der Waals surface area (Å²) in [7, 11) is 0. The molecule has 1 aromatic carbocycles. The van der Waals surface area contributed by atoms with Crippen LogP contribution in [0.2, 0.25) is 0 Å². The van der Waals surface area contributed by atoms with E-state index >= 15 is 0 Å². The van der Waals surface area contributed by atoms with Crippen LogP contribution in [0.4, 0.5) is 16.3 Å². The van der Waals surface area contributed by atoms with Gasteiger partial charge in [0.1, 0.15) is 5.82 Å². The SMILES string of the molecule is CC(C)c1cc(Br)c(NC(=O)N2CCN(c3ccccn3)CC2)c(Br)c1. The lowest BCUT2D eigenvalue weighted by Crippen LogP contribution is -2.50. The number of hydrogen-bond donors (Lipinski definition) is 1. The quantitative estimate of drug-likeness (QED) is 0.664. The molecule has 138 valence electrons. The molecular weight excluding hydrogens is 460 g/mol. The van der Waals surface area contributed by atoms with Gasteiger partial charge in [-0.2, -0.15) is 0 Å². The minimum Gasteiger partial charge on any atom is -0.353 e. The number of anilines is 2. The number of benzene rings is 1. The highest BCUT2D eigenvalue weighted by Crippen LogP contribution is 2.35. The fraction of sp³-hybridized carbons (Fsp3) is 0.368. The molecule has 1 fully saturated rings. The Morgan fingerprint density at radius 3 is 2.31 bits per heavy atom. The van der Waals surface area contributed by atoms with E-state index in [1.54, 1.807) is 6.20 Å². The fourth-order valence-electron chi connectivity index (χ4n) is 2.91. The van der Waals surface area contributed by atoms with Crippen molar-refractivity contribution in [1.29, 1.82) is 0 Å². The summed E-state index contributed by atoms with van der Waals surface area (Å²) in [6.45, 7) is 7.18. The maximum atomic E-state index is 12.7. The molecule has 1 aromatic heterocycles. The molecule has 2 amide bonds. The summed E-state index contributed by atoms with van der Waals surface area (Å²) in [5, 5.41) is 3.03. The van der Waals surface area contributed by atoms with E-state index in [4.69, 9.17) is 0 Å². The van der Waals surface area contributed by atoms with E-state index in [1.165, 1.54) is 5.56 Å². The number of rotatable bonds is 3. The van der Waals surface area contributed by atoms with Gasteiger partial charge >= 0.3 is 6.03 Å². The third kappa shape index (κ3) is 4.38. The van der Waals surface area contributed by atoms with Crippen LogP contribution in [-0.2, 0) is 0 Å². The second-order valence-electron chi connectivity index (χ2n) is 6.61. The number of aromatic nitrogens is 1. The van der Waals surface area contributed by atoms with E-state index in [0.29, 0.717) is 19.0 Å². The predicted molar refractivity (Wildman–Crippen MR) is 113 cm³/mol. The molecule has 1 aliphatic heterocycles. The number of carbonyl (C=O) groups excluding carboxylic acids is 1. The summed E-state index contributed by atoms with van der Waals surface area (Å²) < 4.78 is 1.77. The Morgan fingerprint density at radius 1 is 1.12 bits per heavy atom. The fourth-order valence-corrected chi connectivity index (χ4v) is 4.33.